The Labute approximate surface area is 233 Å². The van der Waals surface area contributed by atoms with Crippen LogP contribution in [-0.4, -0.2) is 45.8 Å². The number of hydrogen-bond acceptors (Lipinski definition) is 6. The number of carboxylic acids is 2. The highest BCUT2D eigenvalue weighted by atomic mass is 35.5. The lowest BCUT2D eigenvalue weighted by molar-refractivity contribution is 0.0685. The Morgan fingerprint density at radius 2 is 0.825 bits per heavy atom. The van der Waals surface area contributed by atoms with E-state index in [1.54, 1.807) is 0 Å². The van der Waals surface area contributed by atoms with Crippen LogP contribution in [0.25, 0.3) is 10.8 Å². The van der Waals surface area contributed by atoms with Crippen molar-refractivity contribution in [3.05, 3.63) is 104 Å². The number of carbonyl (C=O) groups is 6. The maximum atomic E-state index is 13.7. The van der Waals surface area contributed by atoms with E-state index in [0.717, 1.165) is 0 Å². The van der Waals surface area contributed by atoms with Crippen LogP contribution < -0.4 is 9.80 Å². The third-order valence-corrected chi connectivity index (χ3v) is 7.39. The number of imide groups is 2. The quantitative estimate of drug-likeness (QED) is 0.318. The number of benzene rings is 4. The van der Waals surface area contributed by atoms with E-state index in [2.05, 4.69) is 0 Å². The van der Waals surface area contributed by atoms with Crippen molar-refractivity contribution in [2.24, 2.45) is 0 Å². The van der Waals surface area contributed by atoms with Gasteiger partial charge in [-0.2, -0.15) is 0 Å². The molecule has 0 radical (unpaired) electrons. The number of amides is 4. The van der Waals surface area contributed by atoms with Crippen LogP contribution in [-0.2, 0) is 0 Å². The number of carboxylic acid groups (broad SMARTS) is 2. The number of rotatable bonds is 4. The van der Waals surface area contributed by atoms with Crippen LogP contribution in [0.2, 0.25) is 10.0 Å². The molecule has 2 aliphatic rings. The molecule has 2 N–H and O–H groups in total. The summed E-state index contributed by atoms with van der Waals surface area (Å²) in [6.45, 7) is 0. The molecule has 4 aromatic rings. The van der Waals surface area contributed by atoms with Gasteiger partial charge >= 0.3 is 11.9 Å². The molecule has 0 fully saturated rings. The summed E-state index contributed by atoms with van der Waals surface area (Å²) in [6, 6.07) is 12.9. The Morgan fingerprint density at radius 1 is 0.525 bits per heavy atom. The summed E-state index contributed by atoms with van der Waals surface area (Å²) in [5, 5.41) is 19.1. The van der Waals surface area contributed by atoms with Crippen LogP contribution in [0, 0.1) is 0 Å². The fourth-order valence-corrected chi connectivity index (χ4v) is 5.63. The van der Waals surface area contributed by atoms with Crippen LogP contribution in [0.15, 0.2) is 60.7 Å². The molecule has 4 aromatic carbocycles. The van der Waals surface area contributed by atoms with Crippen molar-refractivity contribution >= 4 is 80.9 Å². The second-order valence-corrected chi connectivity index (χ2v) is 9.66. The van der Waals surface area contributed by atoms with Crippen molar-refractivity contribution in [3.8, 4) is 0 Å². The van der Waals surface area contributed by atoms with E-state index < -0.39 is 35.6 Å². The number of para-hydroxylation sites is 2. The van der Waals surface area contributed by atoms with Crippen molar-refractivity contribution in [1.29, 1.82) is 0 Å². The minimum absolute atomic E-state index is 0.0316. The Hall–Kier alpha value is -5.06. The Bertz CT molecular complexity index is 1720. The first-order chi connectivity index (χ1) is 19.0. The van der Waals surface area contributed by atoms with Gasteiger partial charge in [-0.05, 0) is 48.5 Å². The maximum absolute atomic E-state index is 13.7. The van der Waals surface area contributed by atoms with E-state index in [9.17, 15) is 39.0 Å². The van der Waals surface area contributed by atoms with E-state index in [-0.39, 0.29) is 65.6 Å². The average Bonchev–Trinajstić information content (AvgIpc) is 2.91. The number of anilines is 2. The largest absolute Gasteiger partial charge is 0.478 e. The summed E-state index contributed by atoms with van der Waals surface area (Å²) >= 11 is 12.5. The smallest absolute Gasteiger partial charge is 0.337 e. The molecular formula is C28H12Cl2N2O8. The lowest BCUT2D eigenvalue weighted by atomic mass is 9.85. The first kappa shape index (κ1) is 25.2. The normalized spacial score (nSPS) is 14.2. The van der Waals surface area contributed by atoms with Gasteiger partial charge in [0.1, 0.15) is 0 Å². The second kappa shape index (κ2) is 8.73. The van der Waals surface area contributed by atoms with Gasteiger partial charge in [0.05, 0.1) is 32.5 Å². The number of carbonyl (C=O) groups excluding carboxylic acids is 4. The van der Waals surface area contributed by atoms with E-state index in [1.807, 2.05) is 0 Å². The minimum Gasteiger partial charge on any atom is -0.478 e. The maximum Gasteiger partial charge on any atom is 0.337 e. The third kappa shape index (κ3) is 3.30. The first-order valence-electron chi connectivity index (χ1n) is 11.5. The predicted molar refractivity (Wildman–Crippen MR) is 143 cm³/mol. The molecule has 6 rings (SSSR count). The molecule has 4 amide bonds. The fourth-order valence-electron chi connectivity index (χ4n) is 5.11. The molecule has 0 spiro atoms. The van der Waals surface area contributed by atoms with Gasteiger partial charge in [0.2, 0.25) is 0 Å². The van der Waals surface area contributed by atoms with Gasteiger partial charge in [-0.3, -0.25) is 19.2 Å². The van der Waals surface area contributed by atoms with Crippen molar-refractivity contribution < 1.29 is 39.0 Å². The third-order valence-electron chi connectivity index (χ3n) is 6.78. The van der Waals surface area contributed by atoms with E-state index in [4.69, 9.17) is 23.2 Å². The monoisotopic (exact) mass is 574 g/mol. The van der Waals surface area contributed by atoms with Crippen LogP contribution in [0.4, 0.5) is 11.4 Å². The molecule has 0 atom stereocenters. The van der Waals surface area contributed by atoms with Crippen molar-refractivity contribution in [2.75, 3.05) is 9.80 Å². The van der Waals surface area contributed by atoms with Crippen LogP contribution >= 0.6 is 23.2 Å². The van der Waals surface area contributed by atoms with Crippen LogP contribution in [0.1, 0.15) is 62.1 Å². The lowest BCUT2D eigenvalue weighted by Crippen LogP contribution is -2.44. The number of nitrogens with zero attached hydrogens (tertiary/aromatic N) is 2. The second-order valence-electron chi connectivity index (χ2n) is 8.85. The zero-order valence-electron chi connectivity index (χ0n) is 19.8. The van der Waals surface area contributed by atoms with Crippen molar-refractivity contribution in [1.82, 2.24) is 0 Å². The molecule has 2 aliphatic heterocycles. The Morgan fingerprint density at radius 3 is 1.10 bits per heavy atom. The van der Waals surface area contributed by atoms with Gasteiger partial charge in [-0.25, -0.2) is 19.4 Å². The zero-order chi connectivity index (χ0) is 28.6. The van der Waals surface area contributed by atoms with E-state index >= 15 is 0 Å². The SMILES string of the molecule is O=C(O)c1cccc(Cl)c1N1C(=O)c2ccc3c4c(ccc(c24)C1=O)C(=O)N(c1c(Cl)cccc1C(=O)O)C3=O. The molecule has 0 saturated heterocycles. The summed E-state index contributed by atoms with van der Waals surface area (Å²) in [5.41, 5.74) is -1.65. The van der Waals surface area contributed by atoms with Crippen molar-refractivity contribution in [2.45, 2.75) is 0 Å². The van der Waals surface area contributed by atoms with Crippen molar-refractivity contribution in [3.63, 3.8) is 0 Å². The van der Waals surface area contributed by atoms with E-state index in [0.29, 0.717) is 9.80 Å². The van der Waals surface area contributed by atoms with Gasteiger partial charge in [-0.1, -0.05) is 35.3 Å². The van der Waals surface area contributed by atoms with Gasteiger partial charge in [0, 0.05) is 33.0 Å². The molecule has 0 aliphatic carbocycles. The molecular weight excluding hydrogens is 563 g/mol. The molecule has 10 nitrogen and oxygen atoms in total. The van der Waals surface area contributed by atoms with Gasteiger partial charge < -0.3 is 10.2 Å². The molecule has 0 saturated carbocycles. The summed E-state index contributed by atoms with van der Waals surface area (Å²) in [6.07, 6.45) is 0. The standard InChI is InChI=1S/C28H12Cl2N2O8/c29-17-5-1-3-15(27(37)38)21(17)31-23(33)11-7-9-13-20-14(10-8-12(19(11)20)24(31)34)26(36)32(25(13)35)22-16(28(39)40)4-2-6-18(22)30/h1-10H,(H,37,38)(H,39,40). The number of halogens is 2. The van der Waals surface area contributed by atoms with Gasteiger partial charge in [0.25, 0.3) is 23.6 Å². The highest BCUT2D eigenvalue weighted by Crippen LogP contribution is 2.43. The number of aromatic carboxylic acids is 2. The Balaban J connectivity index is 1.58. The topological polar surface area (TPSA) is 149 Å². The summed E-state index contributed by atoms with van der Waals surface area (Å²) in [7, 11) is 0. The fraction of sp³-hybridized carbons (Fsp3) is 0. The van der Waals surface area contributed by atoms with Crippen LogP contribution in [0.5, 0.6) is 0 Å². The predicted octanol–water partition coefficient (Wildman–Crippen LogP) is 5.14. The highest BCUT2D eigenvalue weighted by Gasteiger charge is 2.43. The average molecular weight is 575 g/mol. The molecule has 12 heteroatoms. The number of hydrogen-bond donors (Lipinski definition) is 2. The van der Waals surface area contributed by atoms with E-state index in [1.165, 1.54) is 60.7 Å². The minimum atomic E-state index is -1.41. The molecule has 40 heavy (non-hydrogen) atoms. The summed E-state index contributed by atoms with van der Waals surface area (Å²) < 4.78 is 0. The zero-order valence-corrected chi connectivity index (χ0v) is 21.3. The van der Waals surface area contributed by atoms with Crippen LogP contribution in [0.3, 0.4) is 0 Å². The summed E-state index contributed by atoms with van der Waals surface area (Å²) in [4.78, 5) is 79.8. The van der Waals surface area contributed by atoms with Gasteiger partial charge in [0.15, 0.2) is 0 Å². The molecule has 2 heterocycles. The molecule has 0 unspecified atom stereocenters. The first-order valence-corrected chi connectivity index (χ1v) is 12.2. The molecule has 196 valence electrons. The van der Waals surface area contributed by atoms with Gasteiger partial charge in [-0.15, -0.1) is 0 Å². The molecule has 0 bridgehead atoms. The molecule has 0 aromatic heterocycles. The Kier molecular flexibility index (Phi) is 5.51. The summed E-state index contributed by atoms with van der Waals surface area (Å²) in [5.74, 6) is -6.44. The highest BCUT2D eigenvalue weighted by molar-refractivity contribution is 6.45. The lowest BCUT2D eigenvalue weighted by Gasteiger charge is -2.33.